The van der Waals surface area contributed by atoms with Crippen LogP contribution >= 0.6 is 11.6 Å². The first-order valence-electron chi connectivity index (χ1n) is 5.70. The van der Waals surface area contributed by atoms with Crippen LogP contribution in [0, 0.1) is 10.1 Å². The molecule has 0 radical (unpaired) electrons. The second kappa shape index (κ2) is 5.71. The molecular formula is C14H10ClNO4. The third kappa shape index (κ3) is 3.13. The van der Waals surface area contributed by atoms with Crippen molar-refractivity contribution in [3.05, 3.63) is 63.2 Å². The highest BCUT2D eigenvalue weighted by Crippen LogP contribution is 2.32. The van der Waals surface area contributed by atoms with Gasteiger partial charge >= 0.3 is 0 Å². The number of hydrogen-bond donors (Lipinski definition) is 0. The molecule has 0 saturated heterocycles. The van der Waals surface area contributed by atoms with Crippen LogP contribution in [0.15, 0.2) is 42.5 Å². The highest BCUT2D eigenvalue weighted by Gasteiger charge is 2.11. The molecule has 0 atom stereocenters. The molecule has 102 valence electrons. The number of benzene rings is 2. The summed E-state index contributed by atoms with van der Waals surface area (Å²) in [5, 5.41) is 10.7. The fraction of sp³-hybridized carbons (Fsp3) is 0.0714. The van der Waals surface area contributed by atoms with Crippen LogP contribution < -0.4 is 4.74 Å². The zero-order valence-electron chi connectivity index (χ0n) is 10.5. The van der Waals surface area contributed by atoms with Crippen molar-refractivity contribution < 1.29 is 14.5 Å². The molecule has 0 N–H and O–H groups in total. The van der Waals surface area contributed by atoms with Gasteiger partial charge in [-0.3, -0.25) is 14.9 Å². The summed E-state index contributed by atoms with van der Waals surface area (Å²) in [6.07, 6.45) is 0. The van der Waals surface area contributed by atoms with Crippen molar-refractivity contribution in [3.63, 3.8) is 0 Å². The van der Waals surface area contributed by atoms with Crippen molar-refractivity contribution >= 4 is 23.1 Å². The molecule has 0 aromatic heterocycles. The molecular weight excluding hydrogens is 282 g/mol. The van der Waals surface area contributed by atoms with Crippen LogP contribution in [0.3, 0.4) is 0 Å². The summed E-state index contributed by atoms with van der Waals surface area (Å²) in [7, 11) is 0. The Balaban J connectivity index is 2.28. The fourth-order valence-electron chi connectivity index (χ4n) is 1.59. The molecule has 0 aliphatic rings. The standard InChI is InChI=1S/C14H10ClNO4/c1-9(17)10-3-2-4-12(7-10)20-14-6-5-11(16(18)19)8-13(14)15/h2-8H,1H3. The number of halogens is 1. The molecule has 5 nitrogen and oxygen atoms in total. The van der Waals surface area contributed by atoms with E-state index >= 15 is 0 Å². The predicted octanol–water partition coefficient (Wildman–Crippen LogP) is 4.24. The number of nitrogens with zero attached hydrogens (tertiary/aromatic N) is 1. The van der Waals surface area contributed by atoms with Gasteiger partial charge in [0, 0.05) is 17.7 Å². The van der Waals surface area contributed by atoms with Crippen LogP contribution in [0.4, 0.5) is 5.69 Å². The Morgan fingerprint density at radius 1 is 1.25 bits per heavy atom. The zero-order valence-corrected chi connectivity index (χ0v) is 11.3. The van der Waals surface area contributed by atoms with Gasteiger partial charge in [-0.05, 0) is 25.1 Å². The van der Waals surface area contributed by atoms with Crippen molar-refractivity contribution in [1.29, 1.82) is 0 Å². The van der Waals surface area contributed by atoms with E-state index in [1.54, 1.807) is 24.3 Å². The second-order valence-electron chi connectivity index (χ2n) is 4.06. The number of ether oxygens (including phenoxy) is 1. The molecule has 0 bridgehead atoms. The van der Waals surface area contributed by atoms with Gasteiger partial charge in [-0.15, -0.1) is 0 Å². The predicted molar refractivity (Wildman–Crippen MR) is 74.6 cm³/mol. The van der Waals surface area contributed by atoms with Crippen molar-refractivity contribution in [2.24, 2.45) is 0 Å². The number of Topliss-reactive ketones (excluding diaryl/α,β-unsaturated/α-hetero) is 1. The van der Waals surface area contributed by atoms with E-state index in [-0.39, 0.29) is 22.2 Å². The second-order valence-corrected chi connectivity index (χ2v) is 4.47. The zero-order chi connectivity index (χ0) is 14.7. The van der Waals surface area contributed by atoms with Gasteiger partial charge < -0.3 is 4.74 Å². The molecule has 0 unspecified atom stereocenters. The van der Waals surface area contributed by atoms with Gasteiger partial charge in [0.05, 0.1) is 9.95 Å². The topological polar surface area (TPSA) is 69.4 Å². The van der Waals surface area contributed by atoms with Gasteiger partial charge in [0.1, 0.15) is 11.5 Å². The molecule has 0 heterocycles. The maximum Gasteiger partial charge on any atom is 0.271 e. The van der Waals surface area contributed by atoms with E-state index < -0.39 is 4.92 Å². The van der Waals surface area contributed by atoms with Crippen molar-refractivity contribution in [2.75, 3.05) is 0 Å². The van der Waals surface area contributed by atoms with Gasteiger partial charge in [-0.1, -0.05) is 23.7 Å². The molecule has 0 spiro atoms. The van der Waals surface area contributed by atoms with Gasteiger partial charge in [0.25, 0.3) is 5.69 Å². The Kier molecular flexibility index (Phi) is 4.00. The van der Waals surface area contributed by atoms with Gasteiger partial charge in [0.2, 0.25) is 0 Å². The van der Waals surface area contributed by atoms with Crippen LogP contribution in [0.1, 0.15) is 17.3 Å². The summed E-state index contributed by atoms with van der Waals surface area (Å²) in [5.41, 5.74) is 0.403. The van der Waals surface area contributed by atoms with E-state index in [1.807, 2.05) is 0 Å². The van der Waals surface area contributed by atoms with E-state index in [9.17, 15) is 14.9 Å². The number of carbonyl (C=O) groups is 1. The van der Waals surface area contributed by atoms with E-state index in [2.05, 4.69) is 0 Å². The van der Waals surface area contributed by atoms with Crippen molar-refractivity contribution in [3.8, 4) is 11.5 Å². The summed E-state index contributed by atoms with van der Waals surface area (Å²) in [6.45, 7) is 1.46. The number of nitro benzene ring substituents is 1. The lowest BCUT2D eigenvalue weighted by atomic mass is 10.1. The van der Waals surface area contributed by atoms with Gasteiger partial charge in [-0.2, -0.15) is 0 Å². The first kappa shape index (κ1) is 14.0. The molecule has 6 heteroatoms. The first-order valence-corrected chi connectivity index (χ1v) is 6.08. The minimum atomic E-state index is -0.536. The van der Waals surface area contributed by atoms with Crippen LogP contribution in [0.5, 0.6) is 11.5 Å². The summed E-state index contributed by atoms with van der Waals surface area (Å²) in [4.78, 5) is 21.4. The van der Waals surface area contributed by atoms with E-state index in [0.29, 0.717) is 11.3 Å². The smallest absolute Gasteiger partial charge is 0.271 e. The Hall–Kier alpha value is -2.40. The monoisotopic (exact) mass is 291 g/mol. The molecule has 20 heavy (non-hydrogen) atoms. The minimum absolute atomic E-state index is 0.0785. The van der Waals surface area contributed by atoms with Crippen molar-refractivity contribution in [2.45, 2.75) is 6.92 Å². The molecule has 0 saturated carbocycles. The molecule has 0 aliphatic heterocycles. The van der Waals surface area contributed by atoms with Crippen LogP contribution in [0.25, 0.3) is 0 Å². The molecule has 2 aromatic rings. The molecule has 0 fully saturated rings. The SMILES string of the molecule is CC(=O)c1cccc(Oc2ccc([N+](=O)[O-])cc2Cl)c1. The third-order valence-electron chi connectivity index (χ3n) is 2.59. The van der Waals surface area contributed by atoms with E-state index in [0.717, 1.165) is 0 Å². The maximum absolute atomic E-state index is 11.3. The average Bonchev–Trinajstić information content (AvgIpc) is 2.41. The Morgan fingerprint density at radius 3 is 2.60 bits per heavy atom. The average molecular weight is 292 g/mol. The minimum Gasteiger partial charge on any atom is -0.456 e. The van der Waals surface area contributed by atoms with Gasteiger partial charge in [-0.25, -0.2) is 0 Å². The normalized spacial score (nSPS) is 10.1. The molecule has 2 rings (SSSR count). The summed E-state index contributed by atoms with van der Waals surface area (Å²) in [5.74, 6) is 0.650. The lowest BCUT2D eigenvalue weighted by Gasteiger charge is -2.08. The summed E-state index contributed by atoms with van der Waals surface area (Å²) in [6, 6.07) is 10.5. The Morgan fingerprint density at radius 2 is 2.00 bits per heavy atom. The largest absolute Gasteiger partial charge is 0.456 e. The number of nitro groups is 1. The highest BCUT2D eigenvalue weighted by atomic mass is 35.5. The lowest BCUT2D eigenvalue weighted by molar-refractivity contribution is -0.384. The fourth-order valence-corrected chi connectivity index (χ4v) is 1.80. The van der Waals surface area contributed by atoms with Crippen LogP contribution in [0.2, 0.25) is 5.02 Å². The Labute approximate surface area is 119 Å². The maximum atomic E-state index is 11.3. The van der Waals surface area contributed by atoms with Crippen molar-refractivity contribution in [1.82, 2.24) is 0 Å². The van der Waals surface area contributed by atoms with E-state index in [1.165, 1.54) is 25.1 Å². The molecule has 2 aromatic carbocycles. The summed E-state index contributed by atoms with van der Waals surface area (Å²) < 4.78 is 5.53. The third-order valence-corrected chi connectivity index (χ3v) is 2.89. The van der Waals surface area contributed by atoms with Crippen LogP contribution in [-0.2, 0) is 0 Å². The number of non-ortho nitro benzene ring substituents is 1. The number of rotatable bonds is 4. The number of hydrogen-bond acceptors (Lipinski definition) is 4. The quantitative estimate of drug-likeness (QED) is 0.480. The molecule has 0 amide bonds. The number of ketones is 1. The Bertz CT molecular complexity index is 685. The number of carbonyl (C=O) groups excluding carboxylic acids is 1. The van der Waals surface area contributed by atoms with Crippen LogP contribution in [-0.4, -0.2) is 10.7 Å². The lowest BCUT2D eigenvalue weighted by Crippen LogP contribution is -1.93. The van der Waals surface area contributed by atoms with Gasteiger partial charge in [0.15, 0.2) is 5.78 Å². The highest BCUT2D eigenvalue weighted by molar-refractivity contribution is 6.32. The van der Waals surface area contributed by atoms with E-state index in [4.69, 9.17) is 16.3 Å². The first-order chi connectivity index (χ1) is 9.47. The molecule has 0 aliphatic carbocycles. The summed E-state index contributed by atoms with van der Waals surface area (Å²) >= 11 is 5.93.